The zero-order valence-electron chi connectivity index (χ0n) is 16.0. The van der Waals surface area contributed by atoms with Crippen LogP contribution in [0.15, 0.2) is 59.1 Å². The number of methoxy groups -OCH3 is 1. The van der Waals surface area contributed by atoms with E-state index in [-0.39, 0.29) is 0 Å². The maximum absolute atomic E-state index is 5.70. The second-order valence-electron chi connectivity index (χ2n) is 5.94. The van der Waals surface area contributed by atoms with Crippen molar-refractivity contribution in [2.45, 2.75) is 17.8 Å². The molecule has 148 valence electrons. The molecule has 0 spiro atoms. The molecule has 0 amide bonds. The molecule has 7 nitrogen and oxygen atoms in total. The molecule has 0 fully saturated rings. The molecular weight excluding hydrogens is 406 g/mol. The van der Waals surface area contributed by atoms with Gasteiger partial charge in [0.1, 0.15) is 22.2 Å². The number of rotatable bonds is 8. The highest BCUT2D eigenvalue weighted by molar-refractivity contribution is 7.98. The van der Waals surface area contributed by atoms with Crippen LogP contribution < -0.4 is 9.47 Å². The van der Waals surface area contributed by atoms with Crippen molar-refractivity contribution in [1.82, 2.24) is 25.2 Å². The summed E-state index contributed by atoms with van der Waals surface area (Å²) in [6.07, 6.45) is 0. The first kappa shape index (κ1) is 19.4. The van der Waals surface area contributed by atoms with Crippen LogP contribution in [0.4, 0.5) is 0 Å². The predicted octanol–water partition coefficient (Wildman–Crippen LogP) is 4.49. The van der Waals surface area contributed by atoms with Crippen LogP contribution in [-0.4, -0.2) is 38.9 Å². The number of benzene rings is 2. The molecule has 0 aliphatic heterocycles. The molecular formula is C20H19N5O2S2. The van der Waals surface area contributed by atoms with Crippen LogP contribution in [-0.2, 0) is 5.75 Å². The Morgan fingerprint density at radius 2 is 2.03 bits per heavy atom. The van der Waals surface area contributed by atoms with Gasteiger partial charge in [-0.05, 0) is 41.6 Å². The maximum atomic E-state index is 5.70. The summed E-state index contributed by atoms with van der Waals surface area (Å²) in [5.74, 6) is 2.23. The lowest BCUT2D eigenvalue weighted by Gasteiger charge is -2.10. The molecule has 0 saturated carbocycles. The first-order valence-corrected chi connectivity index (χ1v) is 10.9. The van der Waals surface area contributed by atoms with Gasteiger partial charge >= 0.3 is 0 Å². The monoisotopic (exact) mass is 425 g/mol. The fourth-order valence-electron chi connectivity index (χ4n) is 2.73. The molecule has 0 aliphatic carbocycles. The van der Waals surface area contributed by atoms with Crippen LogP contribution in [0.5, 0.6) is 11.5 Å². The zero-order chi connectivity index (χ0) is 20.1. The third-order valence-electron chi connectivity index (χ3n) is 4.05. The summed E-state index contributed by atoms with van der Waals surface area (Å²) >= 11 is 3.15. The molecule has 4 rings (SSSR count). The summed E-state index contributed by atoms with van der Waals surface area (Å²) in [5.41, 5.74) is 2.84. The third-order valence-corrected chi connectivity index (χ3v) is 5.94. The minimum Gasteiger partial charge on any atom is -0.497 e. The second-order valence-corrected chi connectivity index (χ2v) is 7.74. The highest BCUT2D eigenvalue weighted by Crippen LogP contribution is 2.30. The molecule has 0 N–H and O–H groups in total. The van der Waals surface area contributed by atoms with Crippen LogP contribution in [0.3, 0.4) is 0 Å². The maximum Gasteiger partial charge on any atom is 0.214 e. The first-order chi connectivity index (χ1) is 14.3. The van der Waals surface area contributed by atoms with E-state index in [1.807, 2.05) is 55.5 Å². The van der Waals surface area contributed by atoms with Crippen molar-refractivity contribution >= 4 is 23.1 Å². The molecule has 0 atom stereocenters. The molecule has 4 aromatic rings. The number of thiazole rings is 1. The van der Waals surface area contributed by atoms with Gasteiger partial charge in [0.25, 0.3) is 0 Å². The topological polar surface area (TPSA) is 75.0 Å². The van der Waals surface area contributed by atoms with Crippen LogP contribution in [0.1, 0.15) is 12.6 Å². The molecule has 0 saturated heterocycles. The summed E-state index contributed by atoms with van der Waals surface area (Å²) in [7, 11) is 1.66. The Hall–Kier alpha value is -2.91. The van der Waals surface area contributed by atoms with E-state index in [2.05, 4.69) is 20.9 Å². The Morgan fingerprint density at radius 1 is 1.14 bits per heavy atom. The molecule has 9 heteroatoms. The first-order valence-electron chi connectivity index (χ1n) is 9.00. The predicted molar refractivity (Wildman–Crippen MR) is 114 cm³/mol. The van der Waals surface area contributed by atoms with Crippen molar-refractivity contribution in [2.75, 3.05) is 13.7 Å². The minimum atomic E-state index is 0.577. The molecule has 0 unspecified atom stereocenters. The van der Waals surface area contributed by atoms with Crippen molar-refractivity contribution in [3.05, 3.63) is 59.6 Å². The SMILES string of the molecule is CCOc1ccccc1-n1nnnc1SCc1csc(-c2cccc(OC)c2)n1. The number of para-hydroxylation sites is 2. The van der Waals surface area contributed by atoms with Crippen molar-refractivity contribution in [2.24, 2.45) is 0 Å². The van der Waals surface area contributed by atoms with Crippen LogP contribution >= 0.6 is 23.1 Å². The second kappa shape index (κ2) is 9.06. The Bertz CT molecular complexity index is 1100. The largest absolute Gasteiger partial charge is 0.497 e. The van der Waals surface area contributed by atoms with Gasteiger partial charge in [0, 0.05) is 16.7 Å². The van der Waals surface area contributed by atoms with Crippen molar-refractivity contribution in [1.29, 1.82) is 0 Å². The Morgan fingerprint density at radius 3 is 2.90 bits per heavy atom. The number of nitrogens with zero attached hydrogens (tertiary/aromatic N) is 5. The standard InChI is InChI=1S/C20H19N5O2S2/c1-3-27-18-10-5-4-9-17(18)25-20(22-23-24-25)29-13-15-12-28-19(21-15)14-7-6-8-16(11-14)26-2/h4-12H,3,13H2,1-2H3. The summed E-state index contributed by atoms with van der Waals surface area (Å²) in [6.45, 7) is 2.53. The van der Waals surface area contributed by atoms with E-state index in [0.29, 0.717) is 17.5 Å². The van der Waals surface area contributed by atoms with Gasteiger partial charge < -0.3 is 9.47 Å². The van der Waals surface area contributed by atoms with Gasteiger partial charge in [0.2, 0.25) is 5.16 Å². The fourth-order valence-corrected chi connectivity index (χ4v) is 4.43. The Kier molecular flexibility index (Phi) is 6.06. The van der Waals surface area contributed by atoms with Gasteiger partial charge in [-0.3, -0.25) is 0 Å². The Labute approximate surface area is 176 Å². The van der Waals surface area contributed by atoms with Gasteiger partial charge in [0.05, 0.1) is 19.4 Å². The van der Waals surface area contributed by atoms with Gasteiger partial charge in [-0.15, -0.1) is 16.4 Å². The molecule has 0 aliphatic rings. The molecule has 2 aromatic heterocycles. The quantitative estimate of drug-likeness (QED) is 0.385. The van der Waals surface area contributed by atoms with E-state index in [1.165, 1.54) is 11.8 Å². The van der Waals surface area contributed by atoms with Crippen LogP contribution in [0, 0.1) is 0 Å². The van der Waals surface area contributed by atoms with E-state index in [1.54, 1.807) is 23.1 Å². The number of tetrazole rings is 1. The summed E-state index contributed by atoms with van der Waals surface area (Å²) in [5, 5.41) is 15.8. The number of aromatic nitrogens is 5. The summed E-state index contributed by atoms with van der Waals surface area (Å²) in [6, 6.07) is 15.6. The average Bonchev–Trinajstić information content (AvgIpc) is 3.42. The Balaban J connectivity index is 1.50. The smallest absolute Gasteiger partial charge is 0.214 e. The van der Waals surface area contributed by atoms with Gasteiger partial charge in [-0.2, -0.15) is 4.68 Å². The normalized spacial score (nSPS) is 10.8. The average molecular weight is 426 g/mol. The highest BCUT2D eigenvalue weighted by atomic mass is 32.2. The molecule has 0 bridgehead atoms. The van der Waals surface area contributed by atoms with Gasteiger partial charge in [0.15, 0.2) is 0 Å². The van der Waals surface area contributed by atoms with E-state index in [9.17, 15) is 0 Å². The third kappa shape index (κ3) is 4.41. The van der Waals surface area contributed by atoms with Gasteiger partial charge in [-0.25, -0.2) is 4.98 Å². The van der Waals surface area contributed by atoms with Gasteiger partial charge in [-0.1, -0.05) is 36.0 Å². The highest BCUT2D eigenvalue weighted by Gasteiger charge is 2.14. The van der Waals surface area contributed by atoms with Crippen molar-refractivity contribution in [3.8, 4) is 27.8 Å². The molecule has 2 heterocycles. The van der Waals surface area contributed by atoms with E-state index >= 15 is 0 Å². The van der Waals surface area contributed by atoms with Crippen LogP contribution in [0.25, 0.3) is 16.3 Å². The lowest BCUT2D eigenvalue weighted by atomic mass is 10.2. The molecule has 2 aromatic carbocycles. The minimum absolute atomic E-state index is 0.577. The number of ether oxygens (including phenoxy) is 2. The molecule has 0 radical (unpaired) electrons. The van der Waals surface area contributed by atoms with E-state index in [4.69, 9.17) is 14.5 Å². The summed E-state index contributed by atoms with van der Waals surface area (Å²) < 4.78 is 12.7. The lowest BCUT2D eigenvalue weighted by Crippen LogP contribution is -2.03. The van der Waals surface area contributed by atoms with E-state index < -0.39 is 0 Å². The zero-order valence-corrected chi connectivity index (χ0v) is 17.6. The van der Waals surface area contributed by atoms with Crippen LogP contribution in [0.2, 0.25) is 0 Å². The number of hydrogen-bond donors (Lipinski definition) is 0. The lowest BCUT2D eigenvalue weighted by molar-refractivity contribution is 0.337. The summed E-state index contributed by atoms with van der Waals surface area (Å²) in [4.78, 5) is 4.74. The number of hydrogen-bond acceptors (Lipinski definition) is 8. The van der Waals surface area contributed by atoms with Crippen molar-refractivity contribution < 1.29 is 9.47 Å². The van der Waals surface area contributed by atoms with Crippen molar-refractivity contribution in [3.63, 3.8) is 0 Å². The molecule has 29 heavy (non-hydrogen) atoms. The fraction of sp³-hybridized carbons (Fsp3) is 0.200. The van der Waals surface area contributed by atoms with E-state index in [0.717, 1.165) is 33.5 Å². The number of thioether (sulfide) groups is 1.